The van der Waals surface area contributed by atoms with Crippen molar-refractivity contribution < 1.29 is 88.5 Å². The second kappa shape index (κ2) is 18.4. The van der Waals surface area contributed by atoms with Gasteiger partial charge in [-0.25, -0.2) is 9.79 Å². The van der Waals surface area contributed by atoms with Crippen LogP contribution in [0, 0.1) is 0 Å². The van der Waals surface area contributed by atoms with Crippen molar-refractivity contribution in [2.45, 2.75) is 0 Å². The molecule has 266 valence electrons. The Labute approximate surface area is 373 Å². The summed E-state index contributed by atoms with van der Waals surface area (Å²) in [7, 11) is -13.1. The quantitative estimate of drug-likeness (QED) is 0.121. The minimum Gasteiger partial charge on any atom is -0.683 e. The Morgan fingerprint density at radius 3 is 0.929 bits per heavy atom. The third kappa shape index (κ3) is 8.71. The first-order valence-electron chi connectivity index (χ1n) is 17.1. The van der Waals surface area contributed by atoms with Gasteiger partial charge in [0.1, 0.15) is 0 Å². The molecule has 0 spiro atoms. The van der Waals surface area contributed by atoms with Gasteiger partial charge in [0.2, 0.25) is 0 Å². The van der Waals surface area contributed by atoms with Gasteiger partial charge in [-0.15, -0.1) is 7.94 Å². The summed E-state index contributed by atoms with van der Waals surface area (Å²) >= 11 is 0. The molecule has 8 rings (SSSR count). The third-order valence-electron chi connectivity index (χ3n) is 9.40. The molecule has 2 N–H and O–H groups in total. The summed E-state index contributed by atoms with van der Waals surface area (Å²) in [5.74, 6) is 0. The topological polar surface area (TPSA) is 133 Å². The fraction of sp³-hybridized carbons (Fsp3) is 0. The molecule has 56 heavy (non-hydrogen) atoms. The van der Waals surface area contributed by atoms with Crippen LogP contribution in [0.2, 0.25) is 0 Å². The molecule has 0 amide bonds. The van der Waals surface area contributed by atoms with Crippen molar-refractivity contribution in [2.24, 2.45) is 0 Å². The predicted octanol–water partition coefficient (Wildman–Crippen LogP) is -2.61. The minimum atomic E-state index is -5.32. The van der Waals surface area contributed by atoms with Crippen LogP contribution >= 0.6 is 31.7 Å². The zero-order chi connectivity index (χ0) is 37.5. The largest absolute Gasteiger partial charge is 1.00 e. The van der Waals surface area contributed by atoms with Crippen molar-refractivity contribution in [1.82, 2.24) is 0 Å². The number of hydrogen-bond donors (Lipinski definition) is 2. The molecule has 0 saturated heterocycles. The molecule has 0 aliphatic carbocycles. The van der Waals surface area contributed by atoms with Crippen LogP contribution in [0.4, 0.5) is 0 Å². The molecular weight excluding hydrogens is 794 g/mol. The van der Waals surface area contributed by atoms with Crippen molar-refractivity contribution in [1.29, 1.82) is 0 Å². The van der Waals surface area contributed by atoms with Crippen molar-refractivity contribution >= 4 is 95.7 Å². The Balaban J connectivity index is 0.00000266. The molecule has 0 aliphatic rings. The molecule has 0 saturated carbocycles. The first-order valence-corrected chi connectivity index (χ1v) is 23.0. The molecule has 0 aliphatic heterocycles. The maximum atomic E-state index is 13.5. The van der Waals surface area contributed by atoms with E-state index >= 15 is 0 Å². The van der Waals surface area contributed by atoms with E-state index in [0.717, 1.165) is 26.8 Å². The number of hydrogen-bond acceptors (Lipinski definition) is 6. The Morgan fingerprint density at radius 2 is 0.625 bits per heavy atom. The zero-order valence-corrected chi connectivity index (χ0v) is 38.2. The summed E-state index contributed by atoms with van der Waals surface area (Å²) in [6.07, 6.45) is 0. The maximum absolute atomic E-state index is 13.5. The van der Waals surface area contributed by atoms with E-state index in [4.69, 9.17) is 0 Å². The molecule has 0 unspecified atom stereocenters. The maximum Gasteiger partial charge on any atom is 1.00 e. The molecule has 12 heteroatoms. The van der Waals surface area contributed by atoms with Gasteiger partial charge in [0.25, 0.3) is 7.94 Å². The number of rotatable bonds is 9. The standard InChI is InChI=1S/C44H34O6P4.2Na/c45-53(46,47)41-29-39(51(31-17-5-1-6-18-31)32-19-7-2-8-20-32)43(37-27-15-13-25-35(37)41)44-38-28-16-14-26-36(38)42(54(48,49)50)30-40(44)52(33-21-9-3-10-22-33)34-23-11-4-12-24-34;;/h1-30H,(H2,45,46,47)(H2,48,49,50);;/q;2*+1/p-2. The van der Waals surface area contributed by atoms with Gasteiger partial charge in [0.15, 0.2) is 5.30 Å². The summed E-state index contributed by atoms with van der Waals surface area (Å²) in [6.45, 7) is 0. The van der Waals surface area contributed by atoms with Crippen LogP contribution in [0.1, 0.15) is 0 Å². The van der Waals surface area contributed by atoms with Crippen LogP contribution in [0.5, 0.6) is 0 Å². The molecule has 6 nitrogen and oxygen atoms in total. The Bertz CT molecular complexity index is 2330. The molecule has 8 aromatic rings. The van der Waals surface area contributed by atoms with Gasteiger partial charge in [-0.3, -0.25) is 0 Å². The molecule has 8 aromatic carbocycles. The average Bonchev–Trinajstić information content (AvgIpc) is 3.18. The first kappa shape index (κ1) is 43.3. The van der Waals surface area contributed by atoms with E-state index in [1.165, 1.54) is 0 Å². The Hall–Kier alpha value is -2.24. The minimum absolute atomic E-state index is 0. The second-order valence-corrected chi connectivity index (χ2v) is 20.1. The van der Waals surface area contributed by atoms with E-state index in [1.54, 1.807) is 36.4 Å². The molecule has 0 radical (unpaired) electrons. The third-order valence-corrected chi connectivity index (χ3v) is 16.3. The average molecular weight is 827 g/mol. The molecule has 0 atom stereocenters. The first-order chi connectivity index (χ1) is 26.1. The molecule has 0 heterocycles. The number of fused-ring (bicyclic) bond motifs is 2. The smallest absolute Gasteiger partial charge is 0.683 e. The van der Waals surface area contributed by atoms with Crippen LogP contribution in [-0.2, 0) is 0 Å². The van der Waals surface area contributed by atoms with Crippen molar-refractivity contribution in [3.05, 3.63) is 182 Å². The van der Waals surface area contributed by atoms with Gasteiger partial charge >= 0.3 is 59.1 Å². The SMILES string of the molecule is [Na+].[Na+].[O-][P+]([O-])([O-])c1cc(P(c2ccccc2)c2ccccc2)c(-c2c(P(c3ccccc3)c3ccccc3)cc([P+]([O-])(O)O)c3ccccc23)c2ccccc12. The summed E-state index contributed by atoms with van der Waals surface area (Å²) in [5.41, 5.74) is 1.44. The second-order valence-electron chi connectivity index (χ2n) is 12.7. The van der Waals surface area contributed by atoms with E-state index < -0.39 is 31.7 Å². The van der Waals surface area contributed by atoms with E-state index in [0.29, 0.717) is 37.7 Å². The molecule has 0 bridgehead atoms. The summed E-state index contributed by atoms with van der Waals surface area (Å²) in [4.78, 5) is 75.1. The van der Waals surface area contributed by atoms with Gasteiger partial charge in [0.05, 0.1) is 5.30 Å². The monoisotopic (exact) mass is 826 g/mol. The van der Waals surface area contributed by atoms with Crippen LogP contribution in [0.3, 0.4) is 0 Å². The molecule has 0 aromatic heterocycles. The van der Waals surface area contributed by atoms with Crippen LogP contribution in [-0.4, -0.2) is 9.79 Å². The summed E-state index contributed by atoms with van der Waals surface area (Å²) in [6, 6.07) is 57.0. The van der Waals surface area contributed by atoms with Gasteiger partial charge in [-0.1, -0.05) is 170 Å². The Kier molecular flexibility index (Phi) is 14.2. The van der Waals surface area contributed by atoms with Gasteiger partial charge in [0, 0.05) is 10.8 Å². The van der Waals surface area contributed by atoms with Crippen LogP contribution in [0.25, 0.3) is 32.7 Å². The normalized spacial score (nSPS) is 11.8. The molecular formula is C44H32Na2O6P4. The van der Waals surface area contributed by atoms with Crippen molar-refractivity contribution in [2.75, 3.05) is 0 Å². The number of benzene rings is 8. The summed E-state index contributed by atoms with van der Waals surface area (Å²) in [5, 5.41) is 6.63. The predicted molar refractivity (Wildman–Crippen MR) is 222 cm³/mol. The van der Waals surface area contributed by atoms with Gasteiger partial charge in [-0.05, 0) is 81.7 Å². The van der Waals surface area contributed by atoms with E-state index in [1.807, 2.05) is 146 Å². The van der Waals surface area contributed by atoms with Gasteiger partial charge < -0.3 is 19.6 Å². The Morgan fingerprint density at radius 1 is 0.357 bits per heavy atom. The van der Waals surface area contributed by atoms with E-state index in [-0.39, 0.29) is 69.7 Å². The summed E-state index contributed by atoms with van der Waals surface area (Å²) < 4.78 is 0. The van der Waals surface area contributed by atoms with Crippen molar-refractivity contribution in [3.8, 4) is 11.1 Å². The van der Waals surface area contributed by atoms with Crippen molar-refractivity contribution in [3.63, 3.8) is 0 Å². The zero-order valence-electron chi connectivity index (χ0n) is 30.6. The van der Waals surface area contributed by atoms with Crippen LogP contribution in [0.15, 0.2) is 182 Å². The van der Waals surface area contributed by atoms with E-state index in [2.05, 4.69) is 0 Å². The van der Waals surface area contributed by atoms with Gasteiger partial charge in [-0.2, -0.15) is 0 Å². The van der Waals surface area contributed by atoms with Crippen LogP contribution < -0.4 is 121 Å². The molecule has 0 fully saturated rings. The van der Waals surface area contributed by atoms with E-state index in [9.17, 15) is 29.4 Å². The fourth-order valence-corrected chi connectivity index (χ4v) is 14.0. The fourth-order valence-electron chi connectivity index (χ4n) is 7.19.